The minimum Gasteiger partial charge on any atom is -0.463 e. The summed E-state index contributed by atoms with van der Waals surface area (Å²) < 4.78 is 5.05. The molecule has 136 valence electrons. The number of ketones is 2. The number of unbranched alkanes of at least 4 members (excludes halogenated alkanes) is 5. The van der Waals surface area contributed by atoms with Crippen LogP contribution in [0.1, 0.15) is 78.7 Å². The Morgan fingerprint density at radius 3 is 2.40 bits per heavy atom. The summed E-state index contributed by atoms with van der Waals surface area (Å²) >= 11 is 0. The second-order valence-electron chi connectivity index (χ2n) is 6.47. The Morgan fingerprint density at radius 1 is 1.04 bits per heavy atom. The van der Waals surface area contributed by atoms with Crippen molar-refractivity contribution in [2.45, 2.75) is 64.4 Å². The zero-order chi connectivity index (χ0) is 18.4. The highest BCUT2D eigenvalue weighted by molar-refractivity contribution is 6.41. The molecule has 1 atom stereocenters. The highest BCUT2D eigenvalue weighted by Gasteiger charge is 2.59. The fourth-order valence-corrected chi connectivity index (χ4v) is 3.17. The number of esters is 1. The molecule has 1 aliphatic carbocycles. The number of hydrogen-bond acceptors (Lipinski definition) is 5. The lowest BCUT2D eigenvalue weighted by atomic mass is 9.97. The van der Waals surface area contributed by atoms with Crippen LogP contribution in [0.3, 0.4) is 0 Å². The van der Waals surface area contributed by atoms with Gasteiger partial charge in [0.05, 0.1) is 6.61 Å². The van der Waals surface area contributed by atoms with Crippen molar-refractivity contribution in [2.24, 2.45) is 0 Å². The number of hydrogen-bond donors (Lipinski definition) is 1. The van der Waals surface area contributed by atoms with Gasteiger partial charge in [-0.25, -0.2) is 4.79 Å². The molecule has 0 heterocycles. The van der Waals surface area contributed by atoms with Crippen LogP contribution < -0.4 is 0 Å². The van der Waals surface area contributed by atoms with E-state index in [4.69, 9.17) is 4.74 Å². The Bertz CT molecular complexity index is 664. The summed E-state index contributed by atoms with van der Waals surface area (Å²) in [6.07, 6.45) is 6.63. The van der Waals surface area contributed by atoms with Crippen LogP contribution in [-0.2, 0) is 16.0 Å². The Hall–Kier alpha value is -2.01. The van der Waals surface area contributed by atoms with Gasteiger partial charge >= 0.3 is 5.97 Å². The minimum atomic E-state index is -2.73. The van der Waals surface area contributed by atoms with E-state index in [0.29, 0.717) is 18.4 Å². The van der Waals surface area contributed by atoms with E-state index in [9.17, 15) is 19.5 Å². The Labute approximate surface area is 148 Å². The molecule has 0 saturated heterocycles. The first-order chi connectivity index (χ1) is 12.0. The maximum Gasteiger partial charge on any atom is 0.354 e. The van der Waals surface area contributed by atoms with E-state index in [2.05, 4.69) is 6.92 Å². The van der Waals surface area contributed by atoms with E-state index >= 15 is 0 Å². The van der Waals surface area contributed by atoms with E-state index in [1.54, 1.807) is 12.1 Å². The number of benzene rings is 1. The number of Topliss-reactive ketones (excluding diaryl/α,β-unsaturated/α-hetero) is 2. The molecule has 0 amide bonds. The normalized spacial score (nSPS) is 19.2. The van der Waals surface area contributed by atoms with Crippen LogP contribution in [0.25, 0.3) is 0 Å². The molecule has 1 aromatic carbocycles. The maximum atomic E-state index is 12.6. The first kappa shape index (κ1) is 19.3. The monoisotopic (exact) mass is 346 g/mol. The molecule has 0 bridgehead atoms. The Balaban J connectivity index is 2.00. The van der Waals surface area contributed by atoms with Crippen LogP contribution in [-0.4, -0.2) is 34.9 Å². The molecular formula is C20H26O5. The summed E-state index contributed by atoms with van der Waals surface area (Å²) in [5.41, 5.74) is -1.83. The lowest BCUT2D eigenvalue weighted by molar-refractivity contribution is -0.156. The van der Waals surface area contributed by atoms with Crippen LogP contribution >= 0.6 is 0 Å². The third-order valence-electron chi connectivity index (χ3n) is 4.69. The zero-order valence-electron chi connectivity index (χ0n) is 15.0. The number of rotatable bonds is 9. The Kier molecular flexibility index (Phi) is 6.48. The van der Waals surface area contributed by atoms with Gasteiger partial charge in [-0.2, -0.15) is 0 Å². The highest BCUT2D eigenvalue weighted by atomic mass is 16.6. The highest BCUT2D eigenvalue weighted by Crippen LogP contribution is 2.33. The van der Waals surface area contributed by atoms with Crippen molar-refractivity contribution in [1.82, 2.24) is 0 Å². The molecule has 0 aromatic heterocycles. The van der Waals surface area contributed by atoms with Gasteiger partial charge in [0.2, 0.25) is 11.6 Å². The van der Waals surface area contributed by atoms with E-state index in [-0.39, 0.29) is 17.7 Å². The number of aryl methyl sites for hydroxylation is 1. The van der Waals surface area contributed by atoms with Crippen molar-refractivity contribution in [3.05, 3.63) is 34.9 Å². The average molecular weight is 346 g/mol. The average Bonchev–Trinajstić information content (AvgIpc) is 2.83. The molecule has 5 nitrogen and oxygen atoms in total. The molecule has 1 N–H and O–H groups in total. The SMILES string of the molecule is CCCCCCCCOC(=O)C1(O)C(=O)c2cccc(CC)c2C1=O. The van der Waals surface area contributed by atoms with Crippen LogP contribution in [0.5, 0.6) is 0 Å². The first-order valence-corrected chi connectivity index (χ1v) is 9.09. The van der Waals surface area contributed by atoms with Gasteiger partial charge in [0, 0.05) is 11.1 Å². The number of carbonyl (C=O) groups excluding carboxylic acids is 3. The molecule has 5 heteroatoms. The van der Waals surface area contributed by atoms with Crippen molar-refractivity contribution in [3.63, 3.8) is 0 Å². The van der Waals surface area contributed by atoms with Crippen LogP contribution in [0.4, 0.5) is 0 Å². The predicted octanol–water partition coefficient (Wildman–Crippen LogP) is 3.26. The number of fused-ring (bicyclic) bond motifs is 1. The lowest BCUT2D eigenvalue weighted by Gasteiger charge is -2.17. The molecule has 1 aromatic rings. The summed E-state index contributed by atoms with van der Waals surface area (Å²) in [6.45, 7) is 4.09. The fraction of sp³-hybridized carbons (Fsp3) is 0.550. The van der Waals surface area contributed by atoms with Crippen molar-refractivity contribution in [2.75, 3.05) is 6.61 Å². The largest absolute Gasteiger partial charge is 0.463 e. The molecule has 1 aliphatic rings. The molecule has 0 radical (unpaired) electrons. The molecule has 25 heavy (non-hydrogen) atoms. The minimum absolute atomic E-state index is 0.100. The van der Waals surface area contributed by atoms with Gasteiger partial charge in [0.1, 0.15) is 0 Å². The zero-order valence-corrected chi connectivity index (χ0v) is 15.0. The summed E-state index contributed by atoms with van der Waals surface area (Å²) in [4.78, 5) is 37.3. The first-order valence-electron chi connectivity index (χ1n) is 9.09. The van der Waals surface area contributed by atoms with Crippen LogP contribution in [0, 0.1) is 0 Å². The van der Waals surface area contributed by atoms with Gasteiger partial charge in [0.25, 0.3) is 5.60 Å². The molecule has 0 saturated carbocycles. The van der Waals surface area contributed by atoms with Gasteiger partial charge in [-0.1, -0.05) is 64.2 Å². The Morgan fingerprint density at radius 2 is 1.72 bits per heavy atom. The number of ether oxygens (including phenoxy) is 1. The molecular weight excluding hydrogens is 320 g/mol. The predicted molar refractivity (Wildman–Crippen MR) is 93.8 cm³/mol. The molecule has 0 spiro atoms. The van der Waals surface area contributed by atoms with Crippen molar-refractivity contribution < 1.29 is 24.2 Å². The van der Waals surface area contributed by atoms with E-state index in [0.717, 1.165) is 25.7 Å². The second-order valence-corrected chi connectivity index (χ2v) is 6.47. The quantitative estimate of drug-likeness (QED) is 0.422. The second kappa shape index (κ2) is 8.39. The van der Waals surface area contributed by atoms with E-state index in [1.807, 2.05) is 6.92 Å². The third kappa shape index (κ3) is 3.66. The topological polar surface area (TPSA) is 80.7 Å². The standard InChI is InChI=1S/C20H26O5/c1-3-5-6-7-8-9-13-25-19(23)20(24)17(21)15-12-10-11-14(4-2)16(15)18(20)22/h10-12,24H,3-9,13H2,1-2H3. The van der Waals surface area contributed by atoms with E-state index in [1.165, 1.54) is 12.5 Å². The van der Waals surface area contributed by atoms with Gasteiger partial charge in [-0.05, 0) is 18.4 Å². The molecule has 1 unspecified atom stereocenters. The van der Waals surface area contributed by atoms with Gasteiger partial charge in [-0.3, -0.25) is 9.59 Å². The summed E-state index contributed by atoms with van der Waals surface area (Å²) in [5.74, 6) is -2.90. The van der Waals surface area contributed by atoms with Crippen LogP contribution in [0.15, 0.2) is 18.2 Å². The molecule has 2 rings (SSSR count). The van der Waals surface area contributed by atoms with Crippen molar-refractivity contribution in [1.29, 1.82) is 0 Å². The molecule has 0 aliphatic heterocycles. The third-order valence-corrected chi connectivity index (χ3v) is 4.69. The summed E-state index contributed by atoms with van der Waals surface area (Å²) in [5, 5.41) is 10.5. The van der Waals surface area contributed by atoms with Gasteiger partial charge < -0.3 is 9.84 Å². The maximum absolute atomic E-state index is 12.6. The van der Waals surface area contributed by atoms with Crippen molar-refractivity contribution in [3.8, 4) is 0 Å². The number of aliphatic hydroxyl groups is 1. The van der Waals surface area contributed by atoms with Gasteiger partial charge in [-0.15, -0.1) is 0 Å². The van der Waals surface area contributed by atoms with Crippen LogP contribution in [0.2, 0.25) is 0 Å². The van der Waals surface area contributed by atoms with Gasteiger partial charge in [0.15, 0.2) is 0 Å². The molecule has 0 fully saturated rings. The fourth-order valence-electron chi connectivity index (χ4n) is 3.17. The van der Waals surface area contributed by atoms with Crippen molar-refractivity contribution >= 4 is 17.5 Å². The smallest absolute Gasteiger partial charge is 0.354 e. The van der Waals surface area contributed by atoms with E-state index < -0.39 is 23.1 Å². The summed E-state index contributed by atoms with van der Waals surface area (Å²) in [7, 11) is 0. The number of carbonyl (C=O) groups is 3. The lowest BCUT2D eigenvalue weighted by Crippen LogP contribution is -2.50. The summed E-state index contributed by atoms with van der Waals surface area (Å²) in [6, 6.07) is 4.83.